The van der Waals surface area contributed by atoms with Crippen molar-refractivity contribution in [1.82, 2.24) is 5.32 Å². The van der Waals surface area contributed by atoms with Crippen LogP contribution in [0, 0.1) is 0 Å². The summed E-state index contributed by atoms with van der Waals surface area (Å²) in [5, 5.41) is 4.55. The first kappa shape index (κ1) is 13.9. The molecule has 2 rings (SSSR count). The van der Waals surface area contributed by atoms with Crippen molar-refractivity contribution in [3.05, 3.63) is 34.9 Å². The highest BCUT2D eigenvalue weighted by atomic mass is 35.5. The molecule has 1 aliphatic carbocycles. The number of halogens is 1. The molecule has 1 fully saturated rings. The van der Waals surface area contributed by atoms with E-state index in [0.717, 1.165) is 17.9 Å². The normalized spacial score (nSPS) is 25.3. The molecule has 1 aromatic rings. The molecule has 0 bridgehead atoms. The Morgan fingerprint density at radius 3 is 2.89 bits per heavy atom. The predicted molar refractivity (Wildman–Crippen MR) is 76.1 cm³/mol. The molecule has 3 unspecified atom stereocenters. The van der Waals surface area contributed by atoms with Crippen molar-refractivity contribution >= 4 is 11.6 Å². The van der Waals surface area contributed by atoms with Crippen molar-refractivity contribution in [3.8, 4) is 0 Å². The van der Waals surface area contributed by atoms with Crippen molar-refractivity contribution in [1.29, 1.82) is 0 Å². The van der Waals surface area contributed by atoms with E-state index in [4.69, 9.17) is 16.3 Å². The number of hydrogen-bond acceptors (Lipinski definition) is 2. The molecule has 3 heteroatoms. The zero-order chi connectivity index (χ0) is 13.0. The summed E-state index contributed by atoms with van der Waals surface area (Å²) in [6.45, 7) is 2.21. The smallest absolute Gasteiger partial charge is 0.0586 e. The molecule has 0 heterocycles. The molecule has 1 saturated carbocycles. The third kappa shape index (κ3) is 3.47. The van der Waals surface area contributed by atoms with Crippen molar-refractivity contribution in [2.24, 2.45) is 0 Å². The van der Waals surface area contributed by atoms with Gasteiger partial charge in [0.05, 0.1) is 6.10 Å². The standard InChI is InChI=1S/C15H22ClNO/c1-3-15(11-5-4-6-12(16)9-11)17-13-7-8-14(10-13)18-2/h4-6,9,13-15,17H,3,7-8,10H2,1-2H3. The van der Waals surface area contributed by atoms with Crippen LogP contribution in [0.1, 0.15) is 44.2 Å². The van der Waals surface area contributed by atoms with E-state index in [9.17, 15) is 0 Å². The Hall–Kier alpha value is -0.570. The van der Waals surface area contributed by atoms with Crippen LogP contribution in [-0.4, -0.2) is 19.3 Å². The van der Waals surface area contributed by atoms with Gasteiger partial charge >= 0.3 is 0 Å². The molecule has 2 nitrogen and oxygen atoms in total. The van der Waals surface area contributed by atoms with Crippen LogP contribution < -0.4 is 5.32 Å². The minimum absolute atomic E-state index is 0.393. The number of rotatable bonds is 5. The molecule has 0 amide bonds. The Balaban J connectivity index is 1.97. The quantitative estimate of drug-likeness (QED) is 0.872. The second-order valence-corrected chi connectivity index (χ2v) is 5.49. The van der Waals surface area contributed by atoms with Gasteiger partial charge in [-0.1, -0.05) is 30.7 Å². The molecular weight excluding hydrogens is 246 g/mol. The fourth-order valence-electron chi connectivity index (χ4n) is 2.76. The summed E-state index contributed by atoms with van der Waals surface area (Å²) in [7, 11) is 1.81. The van der Waals surface area contributed by atoms with Crippen molar-refractivity contribution in [3.63, 3.8) is 0 Å². The molecule has 1 aromatic carbocycles. The van der Waals surface area contributed by atoms with Gasteiger partial charge in [-0.3, -0.25) is 0 Å². The highest BCUT2D eigenvalue weighted by Gasteiger charge is 2.26. The minimum atomic E-state index is 0.393. The summed E-state index contributed by atoms with van der Waals surface area (Å²) in [6.07, 6.45) is 5.00. The van der Waals surface area contributed by atoms with E-state index in [0.29, 0.717) is 18.2 Å². The summed E-state index contributed by atoms with van der Waals surface area (Å²) in [5.74, 6) is 0. The Labute approximate surface area is 115 Å². The second kappa shape index (κ2) is 6.55. The fraction of sp³-hybridized carbons (Fsp3) is 0.600. The van der Waals surface area contributed by atoms with Gasteiger partial charge in [-0.2, -0.15) is 0 Å². The first-order chi connectivity index (χ1) is 8.72. The van der Waals surface area contributed by atoms with E-state index in [1.54, 1.807) is 7.11 Å². The zero-order valence-corrected chi connectivity index (χ0v) is 11.9. The lowest BCUT2D eigenvalue weighted by Gasteiger charge is -2.22. The third-order valence-corrected chi connectivity index (χ3v) is 4.05. The molecule has 0 radical (unpaired) electrons. The average molecular weight is 268 g/mol. The molecule has 0 saturated heterocycles. The van der Waals surface area contributed by atoms with Gasteiger partial charge < -0.3 is 10.1 Å². The Kier molecular flexibility index (Phi) is 5.04. The maximum atomic E-state index is 6.06. The number of benzene rings is 1. The molecular formula is C15H22ClNO. The van der Waals surface area contributed by atoms with Gasteiger partial charge in [0.15, 0.2) is 0 Å². The Bertz CT molecular complexity index is 383. The van der Waals surface area contributed by atoms with E-state index in [1.165, 1.54) is 18.4 Å². The summed E-state index contributed by atoms with van der Waals surface area (Å²) >= 11 is 6.06. The number of ether oxygens (including phenoxy) is 1. The van der Waals surface area contributed by atoms with Crippen LogP contribution in [0.5, 0.6) is 0 Å². The summed E-state index contributed by atoms with van der Waals surface area (Å²) in [5.41, 5.74) is 1.28. The lowest BCUT2D eigenvalue weighted by Crippen LogP contribution is -2.31. The molecule has 3 atom stereocenters. The summed E-state index contributed by atoms with van der Waals surface area (Å²) < 4.78 is 5.42. The van der Waals surface area contributed by atoms with Gasteiger partial charge in [0, 0.05) is 24.2 Å². The van der Waals surface area contributed by atoms with Crippen molar-refractivity contribution < 1.29 is 4.74 Å². The first-order valence-corrected chi connectivity index (χ1v) is 7.15. The van der Waals surface area contributed by atoms with E-state index in [2.05, 4.69) is 24.4 Å². The van der Waals surface area contributed by atoms with E-state index < -0.39 is 0 Å². The van der Waals surface area contributed by atoms with Crippen LogP contribution in [0.3, 0.4) is 0 Å². The van der Waals surface area contributed by atoms with Gasteiger partial charge in [-0.05, 0) is 43.4 Å². The fourth-order valence-corrected chi connectivity index (χ4v) is 2.96. The van der Waals surface area contributed by atoms with Crippen LogP contribution in [0.15, 0.2) is 24.3 Å². The molecule has 1 N–H and O–H groups in total. The van der Waals surface area contributed by atoms with Crippen LogP contribution in [-0.2, 0) is 4.74 Å². The third-order valence-electron chi connectivity index (χ3n) is 3.81. The molecule has 1 aliphatic rings. The summed E-state index contributed by atoms with van der Waals surface area (Å²) in [6, 6.07) is 9.12. The number of hydrogen-bond donors (Lipinski definition) is 1. The van der Waals surface area contributed by atoms with Crippen molar-refractivity contribution in [2.45, 2.75) is 50.8 Å². The van der Waals surface area contributed by atoms with Gasteiger partial charge in [-0.15, -0.1) is 0 Å². The van der Waals surface area contributed by atoms with Crippen LogP contribution in [0.4, 0.5) is 0 Å². The Morgan fingerprint density at radius 1 is 1.44 bits per heavy atom. The molecule has 18 heavy (non-hydrogen) atoms. The van der Waals surface area contributed by atoms with Crippen LogP contribution in [0.2, 0.25) is 5.02 Å². The lowest BCUT2D eigenvalue weighted by atomic mass is 10.0. The minimum Gasteiger partial charge on any atom is -0.381 e. The molecule has 0 aliphatic heterocycles. The Morgan fingerprint density at radius 2 is 2.28 bits per heavy atom. The molecule has 100 valence electrons. The van der Waals surface area contributed by atoms with Crippen LogP contribution >= 0.6 is 11.6 Å². The number of methoxy groups -OCH3 is 1. The highest BCUT2D eigenvalue weighted by Crippen LogP contribution is 2.26. The van der Waals surface area contributed by atoms with Crippen molar-refractivity contribution in [2.75, 3.05) is 7.11 Å². The second-order valence-electron chi connectivity index (χ2n) is 5.05. The average Bonchev–Trinajstić information content (AvgIpc) is 2.83. The SMILES string of the molecule is CCC(NC1CCC(OC)C1)c1cccc(Cl)c1. The molecule has 0 aromatic heterocycles. The van der Waals surface area contributed by atoms with Crippen LogP contribution in [0.25, 0.3) is 0 Å². The molecule has 0 spiro atoms. The van der Waals surface area contributed by atoms with Gasteiger partial charge in [0.25, 0.3) is 0 Å². The predicted octanol–water partition coefficient (Wildman–Crippen LogP) is 3.95. The maximum absolute atomic E-state index is 6.06. The summed E-state index contributed by atoms with van der Waals surface area (Å²) in [4.78, 5) is 0. The van der Waals surface area contributed by atoms with Gasteiger partial charge in [0.2, 0.25) is 0 Å². The van der Waals surface area contributed by atoms with E-state index in [1.807, 2.05) is 12.1 Å². The van der Waals surface area contributed by atoms with E-state index in [-0.39, 0.29) is 0 Å². The topological polar surface area (TPSA) is 21.3 Å². The van der Waals surface area contributed by atoms with Gasteiger partial charge in [-0.25, -0.2) is 0 Å². The zero-order valence-electron chi connectivity index (χ0n) is 11.2. The van der Waals surface area contributed by atoms with Gasteiger partial charge in [0.1, 0.15) is 0 Å². The number of nitrogens with one attached hydrogen (secondary N) is 1. The first-order valence-electron chi connectivity index (χ1n) is 6.77. The largest absolute Gasteiger partial charge is 0.381 e. The maximum Gasteiger partial charge on any atom is 0.0586 e. The lowest BCUT2D eigenvalue weighted by molar-refractivity contribution is 0.106. The monoisotopic (exact) mass is 267 g/mol. The highest BCUT2D eigenvalue weighted by molar-refractivity contribution is 6.30. The van der Waals surface area contributed by atoms with E-state index >= 15 is 0 Å².